The molecule has 0 saturated heterocycles. The molecule has 0 atom stereocenters. The van der Waals surface area contributed by atoms with E-state index in [9.17, 15) is 4.79 Å². The average molecular weight is 308 g/mol. The quantitative estimate of drug-likeness (QED) is 0.689. The summed E-state index contributed by atoms with van der Waals surface area (Å²) in [5, 5.41) is 10.9. The number of alkyl carbamates (subject to hydrolysis) is 1. The summed E-state index contributed by atoms with van der Waals surface area (Å²) in [5.74, 6) is 0.714. The van der Waals surface area contributed by atoms with Gasteiger partial charge in [0.1, 0.15) is 12.1 Å². The van der Waals surface area contributed by atoms with Crippen LogP contribution in [-0.4, -0.2) is 59.3 Å². The minimum absolute atomic E-state index is 0.347. The lowest BCUT2D eigenvalue weighted by Crippen LogP contribution is -2.28. The first-order valence-corrected chi connectivity index (χ1v) is 7.06. The van der Waals surface area contributed by atoms with Gasteiger partial charge in [-0.1, -0.05) is 0 Å². The molecule has 2 heterocycles. The van der Waals surface area contributed by atoms with Crippen LogP contribution in [0.5, 0.6) is 0 Å². The number of fused-ring (bicyclic) bond motifs is 1. The molecule has 2 N–H and O–H groups in total. The summed E-state index contributed by atoms with van der Waals surface area (Å²) in [7, 11) is 1.64. The van der Waals surface area contributed by atoms with Crippen molar-refractivity contribution in [2.75, 3.05) is 38.7 Å². The molecule has 1 amide bonds. The molecule has 120 valence electrons. The van der Waals surface area contributed by atoms with Crippen molar-refractivity contribution >= 4 is 22.9 Å². The summed E-state index contributed by atoms with van der Waals surface area (Å²) >= 11 is 0. The van der Waals surface area contributed by atoms with Gasteiger partial charge in [-0.3, -0.25) is 0 Å². The van der Waals surface area contributed by atoms with Crippen LogP contribution < -0.4 is 10.6 Å². The lowest BCUT2D eigenvalue weighted by molar-refractivity contribution is 0.152. The van der Waals surface area contributed by atoms with Crippen LogP contribution in [0.4, 0.5) is 10.6 Å². The molecule has 0 bridgehead atoms. The Bertz CT molecular complexity index is 615. The zero-order valence-corrected chi connectivity index (χ0v) is 12.7. The summed E-state index contributed by atoms with van der Waals surface area (Å²) in [4.78, 5) is 19.7. The number of carbonyl (C=O) groups excluding carboxylic acids is 1. The fraction of sp³-hybridized carbons (Fsp3) is 0.538. The van der Waals surface area contributed by atoms with E-state index in [-0.39, 0.29) is 0 Å². The fourth-order valence-corrected chi connectivity index (χ4v) is 1.91. The second kappa shape index (κ2) is 8.13. The maximum Gasteiger partial charge on any atom is 0.407 e. The van der Waals surface area contributed by atoms with Crippen molar-refractivity contribution in [3.05, 3.63) is 12.5 Å². The minimum atomic E-state index is -0.435. The molecule has 0 aliphatic heterocycles. The Morgan fingerprint density at radius 2 is 2.23 bits per heavy atom. The molecule has 0 radical (unpaired) electrons. The Balaban J connectivity index is 2.00. The summed E-state index contributed by atoms with van der Waals surface area (Å²) in [6.45, 7) is 4.25. The molecule has 9 heteroatoms. The molecule has 0 aliphatic carbocycles. The maximum atomic E-state index is 11.2. The molecule has 22 heavy (non-hydrogen) atoms. The number of rotatable bonds is 8. The fourth-order valence-electron chi connectivity index (χ4n) is 1.91. The standard InChI is InChI=1S/C13H20N6O3/c1-3-22-13(20)15-4-6-19-12-10(8-18-19)11(16-9-17-12)14-5-7-21-2/h8-9H,3-7H2,1-2H3,(H,15,20)(H,14,16,17). The summed E-state index contributed by atoms with van der Waals surface area (Å²) in [6, 6.07) is 0. The van der Waals surface area contributed by atoms with Crippen molar-refractivity contribution < 1.29 is 14.3 Å². The Labute approximate surface area is 128 Å². The summed E-state index contributed by atoms with van der Waals surface area (Å²) in [5.41, 5.74) is 0.709. The highest BCUT2D eigenvalue weighted by Crippen LogP contribution is 2.17. The number of ether oxygens (including phenoxy) is 2. The second-order valence-corrected chi connectivity index (χ2v) is 4.39. The molecule has 0 unspecified atom stereocenters. The van der Waals surface area contributed by atoms with E-state index in [1.54, 1.807) is 24.9 Å². The number of methoxy groups -OCH3 is 1. The summed E-state index contributed by atoms with van der Waals surface area (Å²) in [6.07, 6.45) is 2.75. The van der Waals surface area contributed by atoms with Crippen molar-refractivity contribution in [3.8, 4) is 0 Å². The van der Waals surface area contributed by atoms with Gasteiger partial charge in [0.25, 0.3) is 0 Å². The predicted molar refractivity (Wildman–Crippen MR) is 80.7 cm³/mol. The van der Waals surface area contributed by atoms with Crippen LogP contribution in [0.2, 0.25) is 0 Å². The molecule has 0 saturated carbocycles. The molecule has 0 spiro atoms. The Morgan fingerprint density at radius 1 is 1.36 bits per heavy atom. The highest BCUT2D eigenvalue weighted by molar-refractivity contribution is 5.86. The van der Waals surface area contributed by atoms with Crippen molar-refractivity contribution in [1.82, 2.24) is 25.1 Å². The predicted octanol–water partition coefficient (Wildman–Crippen LogP) is 0.631. The monoisotopic (exact) mass is 308 g/mol. The first-order valence-electron chi connectivity index (χ1n) is 7.06. The molecular formula is C13H20N6O3. The van der Waals surface area contributed by atoms with Crippen molar-refractivity contribution in [1.29, 1.82) is 0 Å². The maximum absolute atomic E-state index is 11.2. The molecular weight excluding hydrogens is 288 g/mol. The highest BCUT2D eigenvalue weighted by atomic mass is 16.5. The first kappa shape index (κ1) is 16.0. The van der Waals surface area contributed by atoms with Gasteiger partial charge in [-0.05, 0) is 6.92 Å². The number of amides is 1. The van der Waals surface area contributed by atoms with Gasteiger partial charge in [-0.25, -0.2) is 19.4 Å². The van der Waals surface area contributed by atoms with Gasteiger partial charge in [-0.2, -0.15) is 5.10 Å². The second-order valence-electron chi connectivity index (χ2n) is 4.39. The van der Waals surface area contributed by atoms with Crippen molar-refractivity contribution in [3.63, 3.8) is 0 Å². The van der Waals surface area contributed by atoms with E-state index in [4.69, 9.17) is 9.47 Å². The zero-order valence-electron chi connectivity index (χ0n) is 12.7. The molecule has 0 aromatic carbocycles. The van der Waals surface area contributed by atoms with E-state index in [0.717, 1.165) is 5.39 Å². The van der Waals surface area contributed by atoms with E-state index < -0.39 is 6.09 Å². The van der Waals surface area contributed by atoms with Gasteiger partial charge in [0.15, 0.2) is 5.65 Å². The van der Waals surface area contributed by atoms with E-state index in [0.29, 0.717) is 44.3 Å². The van der Waals surface area contributed by atoms with Gasteiger partial charge in [0.2, 0.25) is 0 Å². The third-order valence-corrected chi connectivity index (χ3v) is 2.90. The molecule has 0 aliphatic rings. The summed E-state index contributed by atoms with van der Waals surface area (Å²) < 4.78 is 11.5. The number of anilines is 1. The van der Waals surface area contributed by atoms with Gasteiger partial charge < -0.3 is 20.1 Å². The van der Waals surface area contributed by atoms with Crippen molar-refractivity contribution in [2.24, 2.45) is 0 Å². The SMILES string of the molecule is CCOC(=O)NCCn1ncc2c(NCCOC)ncnc21. The Hall–Kier alpha value is -2.42. The van der Waals surface area contributed by atoms with Crippen LogP contribution in [0, 0.1) is 0 Å². The van der Waals surface area contributed by atoms with Crippen LogP contribution in [0.1, 0.15) is 6.92 Å². The minimum Gasteiger partial charge on any atom is -0.450 e. The first-order chi connectivity index (χ1) is 10.8. The van der Waals surface area contributed by atoms with Crippen LogP contribution in [0.15, 0.2) is 12.5 Å². The van der Waals surface area contributed by atoms with Gasteiger partial charge in [0.05, 0.1) is 31.3 Å². The zero-order chi connectivity index (χ0) is 15.8. The lowest BCUT2D eigenvalue weighted by atomic mass is 10.4. The number of hydrogen-bond donors (Lipinski definition) is 2. The molecule has 2 aromatic rings. The highest BCUT2D eigenvalue weighted by Gasteiger charge is 2.09. The van der Waals surface area contributed by atoms with E-state index in [1.807, 2.05) is 0 Å². The number of nitrogens with one attached hydrogen (secondary N) is 2. The van der Waals surface area contributed by atoms with Crippen LogP contribution in [-0.2, 0) is 16.0 Å². The molecule has 0 fully saturated rings. The number of carbonyl (C=O) groups is 1. The Morgan fingerprint density at radius 3 is 3.00 bits per heavy atom. The lowest BCUT2D eigenvalue weighted by Gasteiger charge is -2.07. The normalized spacial score (nSPS) is 10.6. The molecule has 9 nitrogen and oxygen atoms in total. The molecule has 2 aromatic heterocycles. The topological polar surface area (TPSA) is 103 Å². The number of nitrogens with zero attached hydrogens (tertiary/aromatic N) is 4. The largest absolute Gasteiger partial charge is 0.450 e. The van der Waals surface area contributed by atoms with Gasteiger partial charge in [-0.15, -0.1) is 0 Å². The van der Waals surface area contributed by atoms with Crippen molar-refractivity contribution in [2.45, 2.75) is 13.5 Å². The van der Waals surface area contributed by atoms with E-state index in [1.165, 1.54) is 6.33 Å². The molecule has 2 rings (SSSR count). The van der Waals surface area contributed by atoms with Gasteiger partial charge >= 0.3 is 6.09 Å². The average Bonchev–Trinajstić information content (AvgIpc) is 2.92. The number of hydrogen-bond acceptors (Lipinski definition) is 7. The Kier molecular flexibility index (Phi) is 5.90. The third-order valence-electron chi connectivity index (χ3n) is 2.90. The van der Waals surface area contributed by atoms with Crippen LogP contribution in [0.3, 0.4) is 0 Å². The number of aromatic nitrogens is 4. The van der Waals surface area contributed by atoms with E-state index >= 15 is 0 Å². The van der Waals surface area contributed by atoms with Crippen LogP contribution in [0.25, 0.3) is 11.0 Å². The third kappa shape index (κ3) is 4.04. The van der Waals surface area contributed by atoms with E-state index in [2.05, 4.69) is 25.7 Å². The van der Waals surface area contributed by atoms with Gasteiger partial charge in [0, 0.05) is 20.2 Å². The van der Waals surface area contributed by atoms with Crippen LogP contribution >= 0.6 is 0 Å². The smallest absolute Gasteiger partial charge is 0.407 e.